The molecule has 1 aliphatic heterocycles. The minimum atomic E-state index is -2.63. The summed E-state index contributed by atoms with van der Waals surface area (Å²) in [5.41, 5.74) is -0.665. The molecule has 0 aromatic heterocycles. The third kappa shape index (κ3) is 3.46. The Labute approximate surface area is 346 Å². The van der Waals surface area contributed by atoms with E-state index in [0.717, 1.165) is 22.3 Å². The summed E-state index contributed by atoms with van der Waals surface area (Å²) in [5.74, 6) is -1.23. The quantitative estimate of drug-likeness (QED) is 0.164. The van der Waals surface area contributed by atoms with E-state index in [2.05, 4.69) is 0 Å². The molecule has 1 unspecified atom stereocenters. The first kappa shape index (κ1) is 17.0. The van der Waals surface area contributed by atoms with Crippen LogP contribution < -0.4 is 4.74 Å². The standard InChI is InChI=1S/C54H32O/c1-2-14-36-33(13-1)26-29-47-52(36)41-18-6-10-22-45(41)54(47)44-21-9-5-17-39(44)40-28-25-34(31-48(40)54)35-27-30-51-49(32-35)53(46-23-11-12-24-50(46)55-51)42-19-7-3-15-37(42)38-16-4-8-20-43(38)53/h1-32H/i1D,2D,3D,4D,7D,8D,11D,12D,13D,14D,15D,16D,19D,20D,23D,24D,27D,30D,32D. The van der Waals surface area contributed by atoms with E-state index < -0.39 is 152 Å². The minimum Gasteiger partial charge on any atom is -0.457 e. The van der Waals surface area contributed by atoms with Gasteiger partial charge in [-0.15, -0.1) is 0 Å². The number of fused-ring (bicyclic) bond motifs is 21. The SMILES string of the molecule is [2H]c1c([2H])c([2H])c2c(c1[2H])Oc1c([2H])c([2H])c(-c3ccc4c(c3)C3(c5ccccc5-4)c4ccccc4-c4c3ccc3c([2H])c([2H])c([2H])c([2H])c43)c([2H])c1C21c2c([2H])c([2H])c([2H])c([2H])c2-c2c([2H])c([2H])c([2H])c([2H])c21. The molecule has 55 heavy (non-hydrogen) atoms. The lowest BCUT2D eigenvalue weighted by atomic mass is 9.65. The van der Waals surface area contributed by atoms with E-state index in [0.29, 0.717) is 33.0 Å². The molecule has 0 fully saturated rings. The fourth-order valence-electron chi connectivity index (χ4n) is 9.75. The van der Waals surface area contributed by atoms with Crippen LogP contribution in [-0.2, 0) is 10.8 Å². The van der Waals surface area contributed by atoms with Gasteiger partial charge in [-0.2, -0.15) is 0 Å². The summed E-state index contributed by atoms with van der Waals surface area (Å²) in [6, 6.07) is 11.7. The van der Waals surface area contributed by atoms with Crippen molar-refractivity contribution in [3.05, 3.63) is 238 Å². The average Bonchev–Trinajstić information content (AvgIpc) is 3.99. The summed E-state index contributed by atoms with van der Waals surface area (Å²) in [6.07, 6.45) is 0. The second-order valence-corrected chi connectivity index (χ2v) is 14.0. The first-order valence-electron chi connectivity index (χ1n) is 27.2. The maximum Gasteiger partial charge on any atom is 0.132 e. The van der Waals surface area contributed by atoms with Gasteiger partial charge in [0.05, 0.1) is 36.9 Å². The highest BCUT2D eigenvalue weighted by molar-refractivity contribution is 6.06. The Balaban J connectivity index is 1.19. The number of benzene rings is 9. The number of hydrogen-bond acceptors (Lipinski definition) is 1. The maximum atomic E-state index is 10.5. The third-order valence-corrected chi connectivity index (χ3v) is 11.8. The average molecular weight is 716 g/mol. The highest BCUT2D eigenvalue weighted by Crippen LogP contribution is 2.65. The molecule has 0 saturated heterocycles. The lowest BCUT2D eigenvalue weighted by Crippen LogP contribution is -2.32. The summed E-state index contributed by atoms with van der Waals surface area (Å²) in [5, 5.41) is 0.649. The molecule has 0 N–H and O–H groups in total. The Morgan fingerprint density at radius 3 is 1.82 bits per heavy atom. The molecule has 13 rings (SSSR count). The summed E-state index contributed by atoms with van der Waals surface area (Å²) in [7, 11) is 0. The molecule has 9 aromatic rings. The fraction of sp³-hybridized carbons (Fsp3) is 0.0370. The second kappa shape index (κ2) is 10.4. The molecule has 3 aliphatic carbocycles. The largest absolute Gasteiger partial charge is 0.457 e. The Morgan fingerprint density at radius 1 is 0.382 bits per heavy atom. The van der Waals surface area contributed by atoms with Crippen LogP contribution in [-0.4, -0.2) is 0 Å². The molecule has 0 amide bonds. The lowest BCUT2D eigenvalue weighted by molar-refractivity contribution is 0.436. The normalized spacial score (nSPS) is 21.6. The molecule has 0 radical (unpaired) electrons. The van der Waals surface area contributed by atoms with Crippen molar-refractivity contribution < 1.29 is 30.8 Å². The van der Waals surface area contributed by atoms with E-state index in [4.69, 9.17) is 18.4 Å². The van der Waals surface area contributed by atoms with Crippen LogP contribution >= 0.6 is 0 Å². The first-order chi connectivity index (χ1) is 35.2. The van der Waals surface area contributed by atoms with Crippen molar-refractivity contribution in [1.29, 1.82) is 0 Å². The molecule has 1 nitrogen and oxygen atoms in total. The zero-order chi connectivity index (χ0) is 52.4. The van der Waals surface area contributed by atoms with Crippen molar-refractivity contribution in [1.82, 2.24) is 0 Å². The van der Waals surface area contributed by atoms with Crippen LogP contribution in [0.2, 0.25) is 0 Å². The fourth-order valence-corrected chi connectivity index (χ4v) is 9.75. The van der Waals surface area contributed by atoms with Crippen molar-refractivity contribution in [2.45, 2.75) is 10.8 Å². The summed E-state index contributed by atoms with van der Waals surface area (Å²) >= 11 is 0. The van der Waals surface area contributed by atoms with E-state index >= 15 is 0 Å². The molecule has 0 saturated carbocycles. The van der Waals surface area contributed by atoms with Gasteiger partial charge in [0.1, 0.15) is 11.5 Å². The van der Waals surface area contributed by atoms with Crippen LogP contribution in [0.4, 0.5) is 0 Å². The van der Waals surface area contributed by atoms with Crippen molar-refractivity contribution >= 4 is 10.8 Å². The van der Waals surface area contributed by atoms with Crippen LogP contribution in [0.5, 0.6) is 11.5 Å². The first-order valence-corrected chi connectivity index (χ1v) is 17.7. The molecule has 4 aliphatic rings. The minimum absolute atomic E-state index is 0.190. The van der Waals surface area contributed by atoms with E-state index in [1.165, 1.54) is 0 Å². The molecule has 1 atom stereocenters. The number of para-hydroxylation sites is 1. The molecular weight excluding hydrogens is 665 g/mol. The van der Waals surface area contributed by atoms with Gasteiger partial charge in [0.25, 0.3) is 0 Å². The van der Waals surface area contributed by atoms with Gasteiger partial charge in [-0.3, -0.25) is 0 Å². The van der Waals surface area contributed by atoms with E-state index in [1.807, 2.05) is 60.7 Å². The summed E-state index contributed by atoms with van der Waals surface area (Å²) < 4.78 is 182. The molecule has 1 heteroatoms. The van der Waals surface area contributed by atoms with Gasteiger partial charge in [-0.25, -0.2) is 0 Å². The third-order valence-electron chi connectivity index (χ3n) is 11.8. The number of rotatable bonds is 1. The van der Waals surface area contributed by atoms with Crippen LogP contribution in [0.25, 0.3) is 55.3 Å². The molecule has 1 heterocycles. The molecular formula is C54H32O. The van der Waals surface area contributed by atoms with E-state index in [-0.39, 0.29) is 29.3 Å². The van der Waals surface area contributed by atoms with E-state index in [1.54, 1.807) is 18.2 Å². The zero-order valence-electron chi connectivity index (χ0n) is 47.4. The van der Waals surface area contributed by atoms with Gasteiger partial charge >= 0.3 is 0 Å². The van der Waals surface area contributed by atoms with Crippen molar-refractivity contribution in [2.24, 2.45) is 0 Å². The Morgan fingerprint density at radius 2 is 1.00 bits per heavy atom. The van der Waals surface area contributed by atoms with Gasteiger partial charge in [0, 0.05) is 11.1 Å². The Bertz CT molecular complexity index is 4170. The summed E-state index contributed by atoms with van der Waals surface area (Å²) in [6.45, 7) is 0. The van der Waals surface area contributed by atoms with Gasteiger partial charge in [0.15, 0.2) is 0 Å². The van der Waals surface area contributed by atoms with Gasteiger partial charge in [-0.1, -0.05) is 169 Å². The maximum absolute atomic E-state index is 10.5. The number of hydrogen-bond donors (Lipinski definition) is 0. The highest BCUT2D eigenvalue weighted by Gasteiger charge is 2.53. The number of ether oxygens (including phenoxy) is 1. The molecule has 2 spiro atoms. The topological polar surface area (TPSA) is 9.23 Å². The molecule has 9 aromatic carbocycles. The summed E-state index contributed by atoms with van der Waals surface area (Å²) in [4.78, 5) is 0. The van der Waals surface area contributed by atoms with Crippen LogP contribution in [0.1, 0.15) is 70.6 Å². The van der Waals surface area contributed by atoms with Crippen molar-refractivity contribution in [3.63, 3.8) is 0 Å². The molecule has 0 bridgehead atoms. The monoisotopic (exact) mass is 715 g/mol. The zero-order valence-corrected chi connectivity index (χ0v) is 28.4. The van der Waals surface area contributed by atoms with Crippen molar-refractivity contribution in [2.75, 3.05) is 0 Å². The Hall–Kier alpha value is -6.96. The predicted molar refractivity (Wildman–Crippen MR) is 223 cm³/mol. The van der Waals surface area contributed by atoms with Gasteiger partial charge in [0.2, 0.25) is 0 Å². The molecule has 254 valence electrons. The van der Waals surface area contributed by atoms with Gasteiger partial charge < -0.3 is 4.74 Å². The van der Waals surface area contributed by atoms with E-state index in [9.17, 15) is 12.3 Å². The predicted octanol–water partition coefficient (Wildman–Crippen LogP) is 13.3. The Kier molecular flexibility index (Phi) is 3.21. The highest BCUT2D eigenvalue weighted by atomic mass is 16.5. The van der Waals surface area contributed by atoms with Gasteiger partial charge in [-0.05, 0) is 113 Å². The van der Waals surface area contributed by atoms with Crippen LogP contribution in [0.3, 0.4) is 0 Å². The van der Waals surface area contributed by atoms with Crippen molar-refractivity contribution in [3.8, 4) is 56.0 Å². The smallest absolute Gasteiger partial charge is 0.132 e. The van der Waals surface area contributed by atoms with Crippen LogP contribution in [0, 0.1) is 0 Å². The lowest BCUT2D eigenvalue weighted by Gasteiger charge is -2.39. The van der Waals surface area contributed by atoms with Crippen LogP contribution in [0.15, 0.2) is 194 Å². The second-order valence-electron chi connectivity index (χ2n) is 14.0.